The zero-order valence-electron chi connectivity index (χ0n) is 12.7. The molecule has 0 amide bonds. The van der Waals surface area contributed by atoms with E-state index in [9.17, 15) is 4.79 Å². The Morgan fingerprint density at radius 3 is 2.67 bits per heavy atom. The van der Waals surface area contributed by atoms with Crippen LogP contribution >= 0.6 is 0 Å². The Kier molecular flexibility index (Phi) is 2.59. The molecular formula is C17H24O4. The fraction of sp³-hybridized carbons (Fsp3) is 0.941. The van der Waals surface area contributed by atoms with Crippen LogP contribution in [0.3, 0.4) is 0 Å². The molecule has 0 aromatic heterocycles. The summed E-state index contributed by atoms with van der Waals surface area (Å²) in [5, 5.41) is 0. The molecule has 10 atom stereocenters. The second kappa shape index (κ2) is 4.23. The predicted molar refractivity (Wildman–Crippen MR) is 74.4 cm³/mol. The molecule has 5 fully saturated rings. The number of hydrogen-bond acceptors (Lipinski definition) is 4. The fourth-order valence-electron chi connectivity index (χ4n) is 5.92. The Balaban J connectivity index is 1.29. The van der Waals surface area contributed by atoms with Crippen LogP contribution < -0.4 is 0 Å². The molecule has 4 heteroatoms. The number of hydrogen-bond donors (Lipinski definition) is 0. The summed E-state index contributed by atoms with van der Waals surface area (Å²) >= 11 is 0. The fourth-order valence-corrected chi connectivity index (χ4v) is 5.92. The van der Waals surface area contributed by atoms with E-state index >= 15 is 0 Å². The van der Waals surface area contributed by atoms with Crippen molar-refractivity contribution in [2.45, 2.75) is 57.5 Å². The minimum absolute atomic E-state index is 0.00707. The lowest BCUT2D eigenvalue weighted by molar-refractivity contribution is -0.164. The van der Waals surface area contributed by atoms with E-state index in [2.05, 4.69) is 13.8 Å². The van der Waals surface area contributed by atoms with E-state index in [4.69, 9.17) is 14.2 Å². The van der Waals surface area contributed by atoms with Gasteiger partial charge in [0.15, 0.2) is 6.10 Å². The molecule has 2 aliphatic carbocycles. The minimum atomic E-state index is -0.145. The largest absolute Gasteiger partial charge is 0.456 e. The quantitative estimate of drug-likeness (QED) is 0.730. The second-order valence-corrected chi connectivity index (χ2v) is 8.05. The summed E-state index contributed by atoms with van der Waals surface area (Å²) in [6, 6.07) is 0. The van der Waals surface area contributed by atoms with Gasteiger partial charge in [0.05, 0.1) is 24.7 Å². The Morgan fingerprint density at radius 1 is 1.05 bits per heavy atom. The lowest BCUT2D eigenvalue weighted by Crippen LogP contribution is -2.42. The van der Waals surface area contributed by atoms with Gasteiger partial charge in [-0.2, -0.15) is 0 Å². The number of carbonyl (C=O) groups excluding carboxylic acids is 1. The van der Waals surface area contributed by atoms with Crippen molar-refractivity contribution in [3.63, 3.8) is 0 Å². The van der Waals surface area contributed by atoms with E-state index in [1.807, 2.05) is 0 Å². The highest BCUT2D eigenvalue weighted by Crippen LogP contribution is 2.55. The molecule has 3 saturated heterocycles. The van der Waals surface area contributed by atoms with Crippen molar-refractivity contribution >= 4 is 5.97 Å². The summed E-state index contributed by atoms with van der Waals surface area (Å²) in [5.41, 5.74) is 0. The number of fused-ring (bicyclic) bond motifs is 3. The summed E-state index contributed by atoms with van der Waals surface area (Å²) in [7, 11) is 0. The SMILES string of the molecule is CC1C2CC(C(=O)OC3C4CC5COC3C5O4)C(C2)C1C. The summed E-state index contributed by atoms with van der Waals surface area (Å²) in [6.45, 7) is 5.43. The monoisotopic (exact) mass is 292 g/mol. The van der Waals surface area contributed by atoms with Crippen molar-refractivity contribution in [3.8, 4) is 0 Å². The summed E-state index contributed by atoms with van der Waals surface area (Å²) in [6.07, 6.45) is 3.39. The molecule has 5 aliphatic rings. The number of ether oxygens (including phenoxy) is 3. The zero-order chi connectivity index (χ0) is 14.3. The number of carbonyl (C=O) groups is 1. The van der Waals surface area contributed by atoms with Gasteiger partial charge in [-0.1, -0.05) is 13.8 Å². The molecule has 4 nitrogen and oxygen atoms in total. The van der Waals surface area contributed by atoms with E-state index in [-0.39, 0.29) is 36.3 Å². The van der Waals surface area contributed by atoms with Crippen molar-refractivity contribution in [1.29, 1.82) is 0 Å². The van der Waals surface area contributed by atoms with Gasteiger partial charge in [-0.05, 0) is 42.9 Å². The summed E-state index contributed by atoms with van der Waals surface area (Å²) < 4.78 is 17.6. The highest BCUT2D eigenvalue weighted by Gasteiger charge is 2.61. The van der Waals surface area contributed by atoms with E-state index in [0.29, 0.717) is 17.8 Å². The number of esters is 1. The lowest BCUT2D eigenvalue weighted by Gasteiger charge is -2.32. The maximum atomic E-state index is 12.7. The predicted octanol–water partition coefficient (Wildman–Crippen LogP) is 2.01. The third-order valence-electron chi connectivity index (χ3n) is 7.30. The first-order valence-electron chi connectivity index (χ1n) is 8.61. The van der Waals surface area contributed by atoms with Gasteiger partial charge in [0, 0.05) is 5.92 Å². The van der Waals surface area contributed by atoms with Crippen molar-refractivity contribution in [2.75, 3.05) is 6.61 Å². The van der Waals surface area contributed by atoms with Crippen LogP contribution in [0.5, 0.6) is 0 Å². The molecule has 0 N–H and O–H groups in total. The van der Waals surface area contributed by atoms with Gasteiger partial charge in [-0.15, -0.1) is 0 Å². The molecule has 116 valence electrons. The van der Waals surface area contributed by atoms with Crippen molar-refractivity contribution in [1.82, 2.24) is 0 Å². The molecule has 0 aromatic rings. The molecule has 0 radical (unpaired) electrons. The van der Waals surface area contributed by atoms with Crippen molar-refractivity contribution < 1.29 is 19.0 Å². The van der Waals surface area contributed by atoms with E-state index in [0.717, 1.165) is 31.3 Å². The van der Waals surface area contributed by atoms with Crippen LogP contribution in [0, 0.1) is 35.5 Å². The van der Waals surface area contributed by atoms with Gasteiger partial charge in [0.25, 0.3) is 0 Å². The van der Waals surface area contributed by atoms with E-state index in [1.54, 1.807) is 0 Å². The maximum Gasteiger partial charge on any atom is 0.309 e. The normalized spacial score (nSPS) is 59.9. The van der Waals surface area contributed by atoms with Gasteiger partial charge in [0.1, 0.15) is 6.10 Å². The van der Waals surface area contributed by atoms with Gasteiger partial charge in [0.2, 0.25) is 0 Å². The lowest BCUT2D eigenvalue weighted by atomic mass is 9.76. The zero-order valence-corrected chi connectivity index (χ0v) is 12.7. The van der Waals surface area contributed by atoms with Crippen LogP contribution in [0.1, 0.15) is 33.1 Å². The van der Waals surface area contributed by atoms with Gasteiger partial charge >= 0.3 is 5.97 Å². The highest BCUT2D eigenvalue weighted by atomic mass is 16.6. The smallest absolute Gasteiger partial charge is 0.309 e. The molecule has 2 saturated carbocycles. The molecule has 5 rings (SSSR count). The molecule has 10 unspecified atom stereocenters. The third-order valence-corrected chi connectivity index (χ3v) is 7.30. The van der Waals surface area contributed by atoms with Crippen LogP contribution in [0.2, 0.25) is 0 Å². The summed E-state index contributed by atoms with van der Waals surface area (Å²) in [5.74, 6) is 3.37. The van der Waals surface area contributed by atoms with Gasteiger partial charge in [-0.3, -0.25) is 4.79 Å². The standard InChI is InChI=1S/C17H24O4/c1-7-8(2)11-3-9(7)4-12(11)17(18)21-15-13-5-10-6-19-16(15)14(10)20-13/h7-16H,3-6H2,1-2H3. The maximum absolute atomic E-state index is 12.7. The Labute approximate surface area is 125 Å². The van der Waals surface area contributed by atoms with Crippen molar-refractivity contribution in [3.05, 3.63) is 0 Å². The Hall–Kier alpha value is -0.610. The highest BCUT2D eigenvalue weighted by molar-refractivity contribution is 5.74. The van der Waals surface area contributed by atoms with Crippen molar-refractivity contribution in [2.24, 2.45) is 35.5 Å². The molecule has 3 heterocycles. The van der Waals surface area contributed by atoms with Crippen LogP contribution in [0.15, 0.2) is 0 Å². The Bertz CT molecular complexity index is 473. The molecule has 21 heavy (non-hydrogen) atoms. The molecule has 0 spiro atoms. The molecule has 0 aromatic carbocycles. The third kappa shape index (κ3) is 1.61. The summed E-state index contributed by atoms with van der Waals surface area (Å²) in [4.78, 5) is 12.7. The number of rotatable bonds is 2. The van der Waals surface area contributed by atoms with Crippen LogP contribution in [-0.2, 0) is 19.0 Å². The minimum Gasteiger partial charge on any atom is -0.456 e. The molecule has 3 aliphatic heterocycles. The molecular weight excluding hydrogens is 268 g/mol. The first-order valence-corrected chi connectivity index (χ1v) is 8.61. The van der Waals surface area contributed by atoms with Gasteiger partial charge < -0.3 is 14.2 Å². The van der Waals surface area contributed by atoms with E-state index < -0.39 is 0 Å². The van der Waals surface area contributed by atoms with E-state index in [1.165, 1.54) is 6.42 Å². The Morgan fingerprint density at radius 2 is 1.90 bits per heavy atom. The van der Waals surface area contributed by atoms with Gasteiger partial charge in [-0.25, -0.2) is 0 Å². The first kappa shape index (κ1) is 12.9. The van der Waals surface area contributed by atoms with Crippen LogP contribution in [0.25, 0.3) is 0 Å². The van der Waals surface area contributed by atoms with Crippen LogP contribution in [0.4, 0.5) is 0 Å². The molecule has 4 bridgehead atoms. The first-order chi connectivity index (χ1) is 10.1. The average molecular weight is 292 g/mol. The topological polar surface area (TPSA) is 44.8 Å². The second-order valence-electron chi connectivity index (χ2n) is 8.05. The van der Waals surface area contributed by atoms with Crippen LogP contribution in [-0.4, -0.2) is 37.0 Å². The average Bonchev–Trinajstić information content (AvgIpc) is 3.20.